The predicted octanol–water partition coefficient (Wildman–Crippen LogP) is 4.06. The van der Waals surface area contributed by atoms with Gasteiger partial charge < -0.3 is 10.6 Å². The highest BCUT2D eigenvalue weighted by molar-refractivity contribution is 5.94. The molecule has 0 spiro atoms. The monoisotopic (exact) mass is 356 g/mol. The molecule has 0 aliphatic heterocycles. The molecule has 0 saturated carbocycles. The molecule has 0 bridgehead atoms. The van der Waals surface area contributed by atoms with Crippen molar-refractivity contribution in [2.24, 2.45) is 0 Å². The molecule has 0 unspecified atom stereocenters. The topological polar surface area (TPSA) is 77.8 Å². The maximum atomic E-state index is 12.4. The van der Waals surface area contributed by atoms with E-state index in [2.05, 4.69) is 33.8 Å². The molecular formula is C22H20N4O. The third kappa shape index (κ3) is 5.16. The van der Waals surface area contributed by atoms with Crippen LogP contribution in [0.25, 0.3) is 0 Å². The van der Waals surface area contributed by atoms with E-state index in [1.165, 1.54) is 11.8 Å². The highest BCUT2D eigenvalue weighted by Crippen LogP contribution is 2.20. The smallest absolute Gasteiger partial charge is 0.252 e. The molecule has 1 aromatic heterocycles. The van der Waals surface area contributed by atoms with Gasteiger partial charge in [-0.25, -0.2) is 0 Å². The molecule has 3 aromatic rings. The van der Waals surface area contributed by atoms with E-state index >= 15 is 0 Å². The Morgan fingerprint density at radius 1 is 1.04 bits per heavy atom. The fraction of sp³-hybridized carbons (Fsp3) is 0.136. The van der Waals surface area contributed by atoms with Crippen LogP contribution >= 0.6 is 0 Å². The lowest BCUT2D eigenvalue weighted by Gasteiger charge is -2.10. The quantitative estimate of drug-likeness (QED) is 0.626. The first-order chi connectivity index (χ1) is 13.3. The van der Waals surface area contributed by atoms with Crippen molar-refractivity contribution in [1.29, 1.82) is 5.26 Å². The van der Waals surface area contributed by atoms with E-state index < -0.39 is 0 Å². The molecule has 134 valence electrons. The number of nitrogens with zero attached hydrogens (tertiary/aromatic N) is 2. The minimum Gasteiger partial charge on any atom is -0.353 e. The van der Waals surface area contributed by atoms with Crippen LogP contribution in [0.1, 0.15) is 27.9 Å². The van der Waals surface area contributed by atoms with E-state index in [1.54, 1.807) is 24.4 Å². The van der Waals surface area contributed by atoms with Crippen LogP contribution in [0.5, 0.6) is 0 Å². The lowest BCUT2D eigenvalue weighted by atomic mass is 10.1. The number of hydrogen-bond donors (Lipinski definition) is 2. The third-order valence-electron chi connectivity index (χ3n) is 4.10. The Balaban J connectivity index is 1.56. The van der Waals surface area contributed by atoms with Crippen molar-refractivity contribution in [1.82, 2.24) is 10.3 Å². The fourth-order valence-corrected chi connectivity index (χ4v) is 2.72. The summed E-state index contributed by atoms with van der Waals surface area (Å²) in [5.41, 5.74) is 3.62. The zero-order chi connectivity index (χ0) is 18.9. The van der Waals surface area contributed by atoms with Crippen molar-refractivity contribution in [2.45, 2.75) is 12.8 Å². The second-order valence-corrected chi connectivity index (χ2v) is 6.09. The standard InChI is InChI=1S/C22H20N4O/c23-14-18-10-4-5-11-21(18)26-20-13-19(15-24-16-20)22(27)25-12-6-9-17-7-2-1-3-8-17/h1-5,7-8,10-11,13,15-16,26H,6,9,12H2,(H,25,27). The number of rotatable bonds is 7. The molecule has 5 heteroatoms. The van der Waals surface area contributed by atoms with Crippen LogP contribution in [0.3, 0.4) is 0 Å². The van der Waals surface area contributed by atoms with Crippen LogP contribution in [0.4, 0.5) is 11.4 Å². The molecule has 5 nitrogen and oxygen atoms in total. The number of aromatic nitrogens is 1. The van der Waals surface area contributed by atoms with Crippen LogP contribution in [0.2, 0.25) is 0 Å². The molecule has 3 rings (SSSR count). The Hall–Kier alpha value is -3.65. The van der Waals surface area contributed by atoms with Crippen molar-refractivity contribution >= 4 is 17.3 Å². The highest BCUT2D eigenvalue weighted by atomic mass is 16.1. The minimum atomic E-state index is -0.159. The van der Waals surface area contributed by atoms with Crippen molar-refractivity contribution < 1.29 is 4.79 Å². The van der Waals surface area contributed by atoms with Crippen LogP contribution in [0, 0.1) is 11.3 Å². The molecule has 0 aliphatic rings. The number of carbonyl (C=O) groups is 1. The van der Waals surface area contributed by atoms with Crippen molar-refractivity contribution in [3.8, 4) is 6.07 Å². The minimum absolute atomic E-state index is 0.159. The third-order valence-corrected chi connectivity index (χ3v) is 4.10. The van der Waals surface area contributed by atoms with Gasteiger partial charge in [0.05, 0.1) is 28.7 Å². The molecule has 1 heterocycles. The maximum Gasteiger partial charge on any atom is 0.252 e. The molecule has 0 saturated heterocycles. The number of aryl methyl sites for hydroxylation is 1. The first-order valence-corrected chi connectivity index (χ1v) is 8.79. The Bertz CT molecular complexity index is 948. The molecule has 0 fully saturated rings. The lowest BCUT2D eigenvalue weighted by molar-refractivity contribution is 0.0953. The number of nitriles is 1. The van der Waals surface area contributed by atoms with Gasteiger partial charge in [-0.3, -0.25) is 9.78 Å². The van der Waals surface area contributed by atoms with E-state index in [9.17, 15) is 10.1 Å². The first kappa shape index (κ1) is 18.2. The summed E-state index contributed by atoms with van der Waals surface area (Å²) >= 11 is 0. The molecule has 1 amide bonds. The van der Waals surface area contributed by atoms with Gasteiger partial charge in [0.25, 0.3) is 5.91 Å². The van der Waals surface area contributed by atoms with E-state index in [0.29, 0.717) is 29.0 Å². The zero-order valence-electron chi connectivity index (χ0n) is 14.9. The zero-order valence-corrected chi connectivity index (χ0v) is 14.9. The number of nitrogens with one attached hydrogen (secondary N) is 2. The highest BCUT2D eigenvalue weighted by Gasteiger charge is 2.08. The van der Waals surface area contributed by atoms with Gasteiger partial charge in [-0.2, -0.15) is 5.26 Å². The normalized spacial score (nSPS) is 10.0. The molecule has 2 N–H and O–H groups in total. The maximum absolute atomic E-state index is 12.4. The van der Waals surface area contributed by atoms with Gasteiger partial charge in [0.2, 0.25) is 0 Å². The molecule has 0 aliphatic carbocycles. The van der Waals surface area contributed by atoms with Crippen molar-refractivity contribution in [2.75, 3.05) is 11.9 Å². The van der Waals surface area contributed by atoms with Crippen LogP contribution in [0.15, 0.2) is 73.1 Å². The molecule has 27 heavy (non-hydrogen) atoms. The van der Waals surface area contributed by atoms with Crippen LogP contribution in [-0.4, -0.2) is 17.4 Å². The lowest BCUT2D eigenvalue weighted by Crippen LogP contribution is -2.25. The summed E-state index contributed by atoms with van der Waals surface area (Å²) < 4.78 is 0. The molecule has 0 atom stereocenters. The summed E-state index contributed by atoms with van der Waals surface area (Å²) in [6.45, 7) is 0.600. The second kappa shape index (κ2) is 9.16. The van der Waals surface area contributed by atoms with Gasteiger partial charge >= 0.3 is 0 Å². The number of hydrogen-bond acceptors (Lipinski definition) is 4. The van der Waals surface area contributed by atoms with E-state index in [-0.39, 0.29) is 5.91 Å². The van der Waals surface area contributed by atoms with Gasteiger partial charge in [0.15, 0.2) is 0 Å². The summed E-state index contributed by atoms with van der Waals surface area (Å²) in [5, 5.41) is 15.2. The summed E-state index contributed by atoms with van der Waals surface area (Å²) in [7, 11) is 0. The van der Waals surface area contributed by atoms with E-state index in [0.717, 1.165) is 12.8 Å². The van der Waals surface area contributed by atoms with E-state index in [1.807, 2.05) is 30.3 Å². The summed E-state index contributed by atoms with van der Waals surface area (Å²) in [6, 6.07) is 21.3. The molecular weight excluding hydrogens is 336 g/mol. The van der Waals surface area contributed by atoms with Gasteiger partial charge in [0.1, 0.15) is 6.07 Å². The number of anilines is 2. The SMILES string of the molecule is N#Cc1ccccc1Nc1cncc(C(=O)NCCCc2ccccc2)c1. The second-order valence-electron chi connectivity index (χ2n) is 6.09. The summed E-state index contributed by atoms with van der Waals surface area (Å²) in [4.78, 5) is 16.5. The summed E-state index contributed by atoms with van der Waals surface area (Å²) in [6.07, 6.45) is 4.96. The number of para-hydroxylation sites is 1. The largest absolute Gasteiger partial charge is 0.353 e. The van der Waals surface area contributed by atoms with Crippen molar-refractivity contribution in [3.63, 3.8) is 0 Å². The fourth-order valence-electron chi connectivity index (χ4n) is 2.72. The Labute approximate surface area is 158 Å². The predicted molar refractivity (Wildman–Crippen MR) is 106 cm³/mol. The van der Waals surface area contributed by atoms with Crippen molar-refractivity contribution in [3.05, 3.63) is 89.7 Å². The van der Waals surface area contributed by atoms with Crippen LogP contribution < -0.4 is 10.6 Å². The van der Waals surface area contributed by atoms with E-state index in [4.69, 9.17) is 0 Å². The molecule has 2 aromatic carbocycles. The average Bonchev–Trinajstić information content (AvgIpc) is 2.72. The van der Waals surface area contributed by atoms with Crippen LogP contribution in [-0.2, 0) is 6.42 Å². The van der Waals surface area contributed by atoms with Gasteiger partial charge in [0, 0.05) is 12.7 Å². The average molecular weight is 356 g/mol. The Morgan fingerprint density at radius 3 is 2.63 bits per heavy atom. The number of carbonyl (C=O) groups excluding carboxylic acids is 1. The van der Waals surface area contributed by atoms with Gasteiger partial charge in [-0.15, -0.1) is 0 Å². The number of amides is 1. The number of benzene rings is 2. The first-order valence-electron chi connectivity index (χ1n) is 8.79. The van der Waals surface area contributed by atoms with Gasteiger partial charge in [-0.1, -0.05) is 42.5 Å². The van der Waals surface area contributed by atoms with Gasteiger partial charge in [-0.05, 0) is 36.6 Å². The Kier molecular flexibility index (Phi) is 6.16. The Morgan fingerprint density at radius 2 is 1.81 bits per heavy atom. The summed E-state index contributed by atoms with van der Waals surface area (Å²) in [5.74, 6) is -0.159. The molecule has 0 radical (unpaired) electrons. The number of pyridine rings is 1.